The van der Waals surface area contributed by atoms with Crippen LogP contribution < -0.4 is 8.32 Å². The Kier molecular flexibility index (Phi) is 3.81. The second-order valence-electron chi connectivity index (χ2n) is 0.408. The van der Waals surface area contributed by atoms with Crippen molar-refractivity contribution in [2.45, 2.75) is 0 Å². The molecule has 32 valence electrons. The molecule has 0 radical (unpaired) electrons. The minimum absolute atomic E-state index is 0. The first-order chi connectivity index (χ1) is 2.00. The van der Waals surface area contributed by atoms with Gasteiger partial charge < -0.3 is 0 Å². The molecule has 0 saturated carbocycles. The molecule has 6 heteroatoms. The molecular weight excluding hydrogens is 125 g/mol. The summed E-state index contributed by atoms with van der Waals surface area (Å²) in [4.78, 5) is 0. The van der Waals surface area contributed by atoms with Gasteiger partial charge in [-0.1, -0.05) is 0 Å². The predicted molar refractivity (Wildman–Crippen MR) is 7.13 cm³/mol. The first kappa shape index (κ1) is 9.52. The van der Waals surface area contributed by atoms with Gasteiger partial charge in [-0.3, -0.25) is 0 Å². The molecule has 0 unspecified atom stereocenters. The zero-order valence-electron chi connectivity index (χ0n) is 2.75. The summed E-state index contributed by atoms with van der Waals surface area (Å²) in [6, 6.07) is 0. The van der Waals surface area contributed by atoms with E-state index < -0.39 is 13.6 Å². The van der Waals surface area contributed by atoms with Gasteiger partial charge in [-0.25, -0.2) is 0 Å². The fraction of sp³-hybridized carbons (Fsp3) is 0. The van der Waals surface area contributed by atoms with Crippen LogP contribution in [0.15, 0.2) is 0 Å². The average Bonchev–Trinajstić information content (AvgIpc) is 0.722. The van der Waals surface area contributed by atoms with Crippen LogP contribution in [0.1, 0.15) is 0 Å². The van der Waals surface area contributed by atoms with Crippen LogP contribution in [0.3, 0.4) is 0 Å². The molecule has 6 heavy (non-hydrogen) atoms. The van der Waals surface area contributed by atoms with Crippen molar-refractivity contribution >= 4 is 10.1 Å². The molecule has 0 atom stereocenters. The predicted octanol–water partition coefficient (Wildman–Crippen LogP) is -3.00. The van der Waals surface area contributed by atoms with Gasteiger partial charge in [0.1, 0.15) is 0 Å². The van der Waals surface area contributed by atoms with Crippen molar-refractivity contribution in [2.24, 2.45) is 0 Å². The molecule has 0 aromatic carbocycles. The summed E-state index contributed by atoms with van der Waals surface area (Å²) >= 11 is -5.75. The van der Waals surface area contributed by atoms with Crippen LogP contribution >= 0.6 is 0 Å². The van der Waals surface area contributed by atoms with Gasteiger partial charge in [0.05, 0.1) is 0 Å². The first-order valence-electron chi connectivity index (χ1n) is 0.667. The third kappa shape index (κ3) is 894. The van der Waals surface area contributed by atoms with Crippen molar-refractivity contribution in [3.63, 3.8) is 0 Å². The van der Waals surface area contributed by atoms with Gasteiger partial charge in [-0.15, -0.1) is 0 Å². The second-order valence-corrected chi connectivity index (χ2v) is 1.68. The van der Waals surface area contributed by atoms with Crippen LogP contribution in [-0.4, -0.2) is 10.1 Å². The van der Waals surface area contributed by atoms with E-state index in [1.54, 1.807) is 0 Å². The Labute approximate surface area is 40.4 Å². The summed E-state index contributed by atoms with van der Waals surface area (Å²) in [6.45, 7) is 0. The average molecular weight is 125 g/mol. The fourth-order valence-electron chi connectivity index (χ4n) is 0. The van der Waals surface area contributed by atoms with Crippen LogP contribution in [0.4, 0.5) is 0 Å². The van der Waals surface area contributed by atoms with Crippen molar-refractivity contribution in [2.75, 3.05) is 0 Å². The molecule has 0 N–H and O–H groups in total. The van der Waals surface area contributed by atoms with Crippen LogP contribution in [0.5, 0.6) is 0 Å². The van der Waals surface area contributed by atoms with Crippen LogP contribution in [0, 0.1) is 0 Å². The molecule has 0 fully saturated rings. The van der Waals surface area contributed by atoms with E-state index >= 15 is 0 Å². The van der Waals surface area contributed by atoms with E-state index in [1.807, 2.05) is 0 Å². The Morgan fingerprint density at radius 3 is 1.17 bits per heavy atom. The van der Waals surface area contributed by atoms with E-state index in [9.17, 15) is 0 Å². The standard InChI is InChI=1S/Be.Cr.4O/q+2;;;;2*-1. The van der Waals surface area contributed by atoms with Crippen LogP contribution in [0.25, 0.3) is 0 Å². The molecule has 0 aliphatic rings. The van der Waals surface area contributed by atoms with E-state index in [-0.39, 0.29) is 10.1 Å². The van der Waals surface area contributed by atoms with Crippen molar-refractivity contribution in [1.29, 1.82) is 0 Å². The van der Waals surface area contributed by atoms with Crippen LogP contribution in [-0.2, 0) is 21.2 Å². The minimum atomic E-state index is -5.75. The molecule has 0 aromatic rings. The van der Waals surface area contributed by atoms with Gasteiger partial charge in [-0.05, 0) is 0 Å². The zero-order valence-corrected chi connectivity index (χ0v) is 4.02. The summed E-state index contributed by atoms with van der Waals surface area (Å²) in [5, 5.41) is 0. The molecule has 4 nitrogen and oxygen atoms in total. The molecule has 0 aliphatic heterocycles. The maximum atomic E-state index is 8.59. The Balaban J connectivity index is 0. The zero-order chi connectivity index (χ0) is 4.50. The number of rotatable bonds is 0. The Bertz CT molecular complexity index is 90.7. The van der Waals surface area contributed by atoms with E-state index in [2.05, 4.69) is 0 Å². The van der Waals surface area contributed by atoms with E-state index in [4.69, 9.17) is 15.9 Å². The van der Waals surface area contributed by atoms with E-state index in [1.165, 1.54) is 0 Å². The molecule has 0 aliphatic carbocycles. The molecular formula is BeCrO4. The second kappa shape index (κ2) is 2.40. The summed E-state index contributed by atoms with van der Waals surface area (Å²) in [7, 11) is 0. The Morgan fingerprint density at radius 2 is 1.17 bits per heavy atom. The number of hydrogen-bond donors (Lipinski definition) is 0. The van der Waals surface area contributed by atoms with Crippen molar-refractivity contribution in [1.82, 2.24) is 0 Å². The summed E-state index contributed by atoms with van der Waals surface area (Å²) in [5.41, 5.74) is 0. The molecule has 0 aromatic heterocycles. The maximum absolute atomic E-state index is 8.59. The molecule has 0 bridgehead atoms. The van der Waals surface area contributed by atoms with Crippen LogP contribution in [0.2, 0.25) is 0 Å². The normalized spacial score (nSPS) is 9.67. The summed E-state index contributed by atoms with van der Waals surface area (Å²) < 4.78 is 34.4. The molecule has 0 spiro atoms. The van der Waals surface area contributed by atoms with Gasteiger partial charge in [0.15, 0.2) is 0 Å². The van der Waals surface area contributed by atoms with E-state index in [0.29, 0.717) is 0 Å². The quantitative estimate of drug-likeness (QED) is 0.323. The molecule has 0 heterocycles. The third-order valence-electron chi connectivity index (χ3n) is 0. The Morgan fingerprint density at radius 1 is 1.17 bits per heavy atom. The third-order valence-corrected chi connectivity index (χ3v) is 0. The van der Waals surface area contributed by atoms with Crippen molar-refractivity contribution in [3.8, 4) is 0 Å². The van der Waals surface area contributed by atoms with Gasteiger partial charge in [-0.2, -0.15) is 0 Å². The Hall–Kier alpha value is 0.221. The topological polar surface area (TPSA) is 80.3 Å². The van der Waals surface area contributed by atoms with Gasteiger partial charge in [0.2, 0.25) is 0 Å². The first-order valence-corrected chi connectivity index (χ1v) is 2.75. The SMILES string of the molecule is [Be+2].[O]=[Cr](=[O])([O-])[O-]. The van der Waals surface area contributed by atoms with Crippen molar-refractivity contribution < 1.29 is 29.5 Å². The van der Waals surface area contributed by atoms with Gasteiger partial charge in [0, 0.05) is 0 Å². The van der Waals surface area contributed by atoms with E-state index in [0.717, 1.165) is 0 Å². The monoisotopic (exact) mass is 125 g/mol. The van der Waals surface area contributed by atoms with Gasteiger partial charge >= 0.3 is 39.7 Å². The fourth-order valence-corrected chi connectivity index (χ4v) is 0. The molecule has 0 amide bonds. The molecule has 0 rings (SSSR count). The summed E-state index contributed by atoms with van der Waals surface area (Å²) in [5.74, 6) is 0. The summed E-state index contributed by atoms with van der Waals surface area (Å²) in [6.07, 6.45) is 0. The molecule has 0 saturated heterocycles. The van der Waals surface area contributed by atoms with Gasteiger partial charge in [0.25, 0.3) is 0 Å². The number of hydrogen-bond acceptors (Lipinski definition) is 4. The van der Waals surface area contributed by atoms with Crippen molar-refractivity contribution in [3.05, 3.63) is 0 Å².